The molecule has 0 aliphatic carbocycles. The fourth-order valence-corrected chi connectivity index (χ4v) is 3.32. The van der Waals surface area contributed by atoms with E-state index in [-0.39, 0.29) is 0 Å². The van der Waals surface area contributed by atoms with Crippen LogP contribution in [-0.4, -0.2) is 16.2 Å². The Hall–Kier alpha value is -3.07. The van der Waals surface area contributed by atoms with Crippen molar-refractivity contribution >= 4 is 33.7 Å². The van der Waals surface area contributed by atoms with Gasteiger partial charge in [0, 0.05) is 17.0 Å². The molecule has 4 rings (SSSR count). The Bertz CT molecular complexity index is 1090. The second kappa shape index (κ2) is 7.04. The maximum absolute atomic E-state index is 4.82. The second-order valence-corrected chi connectivity index (χ2v) is 6.34. The van der Waals surface area contributed by atoms with Crippen molar-refractivity contribution in [3.05, 3.63) is 77.6 Å². The van der Waals surface area contributed by atoms with Gasteiger partial charge in [-0.1, -0.05) is 56.3 Å². The topological polar surface area (TPSA) is 38.1 Å². The first-order valence-corrected chi connectivity index (χ1v) is 9.09. The van der Waals surface area contributed by atoms with Gasteiger partial charge < -0.3 is 0 Å². The van der Waals surface area contributed by atoms with Crippen molar-refractivity contribution in [1.82, 2.24) is 9.97 Å². The molecule has 0 amide bonds. The molecule has 3 heteroatoms. The molecule has 0 saturated heterocycles. The minimum atomic E-state index is 0.851. The van der Waals surface area contributed by atoms with Crippen molar-refractivity contribution in [2.75, 3.05) is 0 Å². The van der Waals surface area contributed by atoms with Gasteiger partial charge >= 0.3 is 0 Å². The maximum Gasteiger partial charge on any atom is 0.0972 e. The van der Waals surface area contributed by atoms with Crippen molar-refractivity contribution in [2.45, 2.75) is 26.7 Å². The zero-order chi connectivity index (χ0) is 17.9. The van der Waals surface area contributed by atoms with Crippen LogP contribution in [-0.2, 0) is 12.8 Å². The van der Waals surface area contributed by atoms with Crippen LogP contribution in [0.5, 0.6) is 0 Å². The third-order valence-corrected chi connectivity index (χ3v) is 4.74. The number of hydrogen-bond acceptors (Lipinski definition) is 3. The molecule has 0 spiro atoms. The first kappa shape index (κ1) is 16.4. The Morgan fingerprint density at radius 1 is 0.808 bits per heavy atom. The fraction of sp³-hybridized carbons (Fsp3) is 0.174. The first-order valence-electron chi connectivity index (χ1n) is 9.09. The minimum Gasteiger partial charge on any atom is -0.254 e. The lowest BCUT2D eigenvalue weighted by Gasteiger charge is -2.08. The van der Waals surface area contributed by atoms with Crippen LogP contribution < -0.4 is 0 Å². The van der Waals surface area contributed by atoms with Crippen LogP contribution in [0.15, 0.2) is 65.8 Å². The van der Waals surface area contributed by atoms with Crippen molar-refractivity contribution in [3.8, 4) is 0 Å². The number of benzene rings is 2. The van der Waals surface area contributed by atoms with Crippen molar-refractivity contribution in [1.29, 1.82) is 0 Å². The highest BCUT2D eigenvalue weighted by Gasteiger charge is 2.06. The number of aryl methyl sites for hydroxylation is 2. The molecule has 0 aliphatic heterocycles. The van der Waals surface area contributed by atoms with Crippen molar-refractivity contribution in [3.63, 3.8) is 0 Å². The summed E-state index contributed by atoms with van der Waals surface area (Å²) in [4.78, 5) is 14.1. The minimum absolute atomic E-state index is 0.851. The zero-order valence-corrected chi connectivity index (χ0v) is 15.1. The molecule has 26 heavy (non-hydrogen) atoms. The molecule has 0 unspecified atom stereocenters. The summed E-state index contributed by atoms with van der Waals surface area (Å²) in [6.07, 6.45) is 5.63. The number of fused-ring (bicyclic) bond motifs is 3. The molecular formula is C23H21N3. The third-order valence-electron chi connectivity index (χ3n) is 4.74. The molecule has 0 N–H and O–H groups in total. The molecule has 0 radical (unpaired) electrons. The third kappa shape index (κ3) is 2.97. The molecule has 128 valence electrons. The van der Waals surface area contributed by atoms with Crippen LogP contribution in [0.25, 0.3) is 21.8 Å². The van der Waals surface area contributed by atoms with Crippen LogP contribution in [0, 0.1) is 0 Å². The number of nitrogens with zero attached hydrogens (tertiary/aromatic N) is 3. The van der Waals surface area contributed by atoms with E-state index in [4.69, 9.17) is 9.98 Å². The number of para-hydroxylation sites is 1. The van der Waals surface area contributed by atoms with Gasteiger partial charge in [0.1, 0.15) is 0 Å². The summed E-state index contributed by atoms with van der Waals surface area (Å²) < 4.78 is 0. The average Bonchev–Trinajstić information content (AvgIpc) is 2.71. The molecule has 0 aliphatic rings. The van der Waals surface area contributed by atoms with E-state index in [1.54, 1.807) is 0 Å². The highest BCUT2D eigenvalue weighted by atomic mass is 14.8. The van der Waals surface area contributed by atoms with E-state index in [2.05, 4.69) is 61.3 Å². The predicted octanol–water partition coefficient (Wildman–Crippen LogP) is 5.66. The molecule has 2 aromatic carbocycles. The predicted molar refractivity (Wildman–Crippen MR) is 109 cm³/mol. The molecule has 4 aromatic rings. The number of pyridine rings is 2. The van der Waals surface area contributed by atoms with Gasteiger partial charge in [-0.25, -0.2) is 4.98 Å². The normalized spacial score (nSPS) is 11.6. The molecule has 0 saturated carbocycles. The lowest BCUT2D eigenvalue weighted by atomic mass is 10.0. The average molecular weight is 339 g/mol. The molecule has 0 fully saturated rings. The highest BCUT2D eigenvalue weighted by molar-refractivity contribution is 6.03. The largest absolute Gasteiger partial charge is 0.254 e. The second-order valence-electron chi connectivity index (χ2n) is 6.34. The smallest absolute Gasteiger partial charge is 0.0972 e. The van der Waals surface area contributed by atoms with Gasteiger partial charge in [0.05, 0.1) is 28.6 Å². The standard InChI is InChI=1S/C23H21N3/c1-3-16-7-5-8-17(4-2)21(16)25-15-20-13-12-19-11-10-18-9-6-14-24-22(18)23(19)26-20/h5-15H,3-4H2,1-2H3/b25-15+. The summed E-state index contributed by atoms with van der Waals surface area (Å²) in [6, 6.07) is 18.7. The van der Waals surface area contributed by atoms with E-state index >= 15 is 0 Å². The van der Waals surface area contributed by atoms with Crippen molar-refractivity contribution in [2.24, 2.45) is 4.99 Å². The van der Waals surface area contributed by atoms with Crippen LogP contribution in [0.3, 0.4) is 0 Å². The summed E-state index contributed by atoms with van der Waals surface area (Å²) in [5.41, 5.74) is 6.33. The lowest BCUT2D eigenvalue weighted by molar-refractivity contribution is 1.08. The number of aromatic nitrogens is 2. The van der Waals surface area contributed by atoms with Crippen LogP contribution in [0.4, 0.5) is 5.69 Å². The first-order chi connectivity index (χ1) is 12.8. The number of hydrogen-bond donors (Lipinski definition) is 0. The highest BCUT2D eigenvalue weighted by Crippen LogP contribution is 2.26. The van der Waals surface area contributed by atoms with Crippen LogP contribution >= 0.6 is 0 Å². The Kier molecular flexibility index (Phi) is 4.44. The van der Waals surface area contributed by atoms with Gasteiger partial charge in [-0.3, -0.25) is 9.98 Å². The summed E-state index contributed by atoms with van der Waals surface area (Å²) in [7, 11) is 0. The van der Waals surface area contributed by atoms with Gasteiger partial charge in [0.2, 0.25) is 0 Å². The van der Waals surface area contributed by atoms with E-state index in [1.165, 1.54) is 11.1 Å². The van der Waals surface area contributed by atoms with Gasteiger partial charge in [0.25, 0.3) is 0 Å². The van der Waals surface area contributed by atoms with Crippen molar-refractivity contribution < 1.29 is 0 Å². The van der Waals surface area contributed by atoms with E-state index in [0.29, 0.717) is 0 Å². The zero-order valence-electron chi connectivity index (χ0n) is 15.1. The lowest BCUT2D eigenvalue weighted by Crippen LogP contribution is -1.92. The number of aliphatic imine (C=N–C) groups is 1. The summed E-state index contributed by atoms with van der Waals surface area (Å²) >= 11 is 0. The van der Waals surface area contributed by atoms with E-state index in [1.807, 2.05) is 24.5 Å². The van der Waals surface area contributed by atoms with Gasteiger partial charge in [0.15, 0.2) is 0 Å². The monoisotopic (exact) mass is 339 g/mol. The molecule has 2 heterocycles. The number of rotatable bonds is 4. The Balaban J connectivity index is 1.81. The van der Waals surface area contributed by atoms with Gasteiger partial charge in [-0.15, -0.1) is 0 Å². The molecule has 3 nitrogen and oxygen atoms in total. The molecule has 2 aromatic heterocycles. The van der Waals surface area contributed by atoms with Crippen LogP contribution in [0.2, 0.25) is 0 Å². The fourth-order valence-electron chi connectivity index (χ4n) is 3.32. The van der Waals surface area contributed by atoms with E-state index in [9.17, 15) is 0 Å². The molecule has 0 atom stereocenters. The quantitative estimate of drug-likeness (QED) is 0.355. The Morgan fingerprint density at radius 3 is 2.23 bits per heavy atom. The summed E-state index contributed by atoms with van der Waals surface area (Å²) in [5.74, 6) is 0. The van der Waals surface area contributed by atoms with E-state index in [0.717, 1.165) is 46.0 Å². The SMILES string of the molecule is CCc1cccc(CC)c1/N=C/c1ccc2ccc3cccnc3c2n1. The maximum atomic E-state index is 4.82. The summed E-state index contributed by atoms with van der Waals surface area (Å²) in [5, 5.41) is 2.20. The van der Waals surface area contributed by atoms with Crippen LogP contribution in [0.1, 0.15) is 30.7 Å². The Morgan fingerprint density at radius 2 is 1.50 bits per heavy atom. The van der Waals surface area contributed by atoms with E-state index < -0.39 is 0 Å². The summed E-state index contributed by atoms with van der Waals surface area (Å²) in [6.45, 7) is 4.33. The van der Waals surface area contributed by atoms with Gasteiger partial charge in [-0.2, -0.15) is 0 Å². The molecular weight excluding hydrogens is 318 g/mol. The molecule has 0 bridgehead atoms. The Labute approximate surface area is 153 Å². The van der Waals surface area contributed by atoms with Gasteiger partial charge in [-0.05, 0) is 36.1 Å².